The number of carbonyl (C=O) groups excluding carboxylic acids is 2. The Morgan fingerprint density at radius 1 is 1.29 bits per heavy atom. The van der Waals surface area contributed by atoms with E-state index in [-0.39, 0.29) is 11.8 Å². The number of fused-ring (bicyclic) bond motifs is 1. The fourth-order valence-electron chi connectivity index (χ4n) is 2.64. The van der Waals surface area contributed by atoms with Crippen molar-refractivity contribution in [3.8, 4) is 0 Å². The van der Waals surface area contributed by atoms with Crippen LogP contribution in [-0.4, -0.2) is 34.8 Å². The van der Waals surface area contributed by atoms with Gasteiger partial charge in [-0.1, -0.05) is 30.3 Å². The fourth-order valence-corrected chi connectivity index (χ4v) is 3.74. The number of thiazole rings is 1. The summed E-state index contributed by atoms with van der Waals surface area (Å²) in [5.74, 6) is -0.0906. The molecule has 126 valence electrons. The first-order valence-electron chi connectivity index (χ1n) is 7.89. The van der Waals surface area contributed by atoms with Gasteiger partial charge in [0.1, 0.15) is 0 Å². The highest BCUT2D eigenvalue weighted by molar-refractivity contribution is 7.15. The highest BCUT2D eigenvalue weighted by atomic mass is 32.1. The minimum Gasteiger partial charge on any atom is -0.351 e. The normalized spacial score (nSPS) is 14.0. The van der Waals surface area contributed by atoms with Crippen LogP contribution in [0.5, 0.6) is 0 Å². The molecule has 24 heavy (non-hydrogen) atoms. The van der Waals surface area contributed by atoms with Crippen molar-refractivity contribution >= 4 is 28.3 Å². The molecule has 2 N–H and O–H groups in total. The molecule has 6 nitrogen and oxygen atoms in total. The summed E-state index contributed by atoms with van der Waals surface area (Å²) in [6.07, 6.45) is 0.803. The quantitative estimate of drug-likeness (QED) is 0.867. The van der Waals surface area contributed by atoms with Gasteiger partial charge in [-0.3, -0.25) is 14.5 Å². The first-order valence-corrected chi connectivity index (χ1v) is 8.71. The van der Waals surface area contributed by atoms with E-state index in [1.165, 1.54) is 18.3 Å². The lowest BCUT2D eigenvalue weighted by molar-refractivity contribution is -0.122. The first kappa shape index (κ1) is 16.6. The van der Waals surface area contributed by atoms with Crippen molar-refractivity contribution in [1.82, 2.24) is 15.2 Å². The zero-order valence-corrected chi connectivity index (χ0v) is 14.4. The molecular weight excluding hydrogens is 324 g/mol. The summed E-state index contributed by atoms with van der Waals surface area (Å²) in [5.41, 5.74) is 2.12. The van der Waals surface area contributed by atoms with Crippen molar-refractivity contribution in [2.45, 2.75) is 26.4 Å². The van der Waals surface area contributed by atoms with Gasteiger partial charge in [0.05, 0.1) is 12.2 Å². The van der Waals surface area contributed by atoms with Crippen LogP contribution in [0.25, 0.3) is 0 Å². The summed E-state index contributed by atoms with van der Waals surface area (Å²) in [5, 5.41) is 6.32. The SMILES string of the molecule is CC(=O)Nc1nc2c(s1)CN(CC(=O)NCc1ccccc1)CC2. The van der Waals surface area contributed by atoms with E-state index in [1.54, 1.807) is 0 Å². The van der Waals surface area contributed by atoms with Crippen molar-refractivity contribution in [1.29, 1.82) is 0 Å². The smallest absolute Gasteiger partial charge is 0.234 e. The van der Waals surface area contributed by atoms with Crippen LogP contribution in [0.15, 0.2) is 30.3 Å². The first-order chi connectivity index (χ1) is 11.6. The number of carbonyl (C=O) groups is 2. The van der Waals surface area contributed by atoms with E-state index >= 15 is 0 Å². The van der Waals surface area contributed by atoms with Crippen molar-refractivity contribution in [3.05, 3.63) is 46.5 Å². The van der Waals surface area contributed by atoms with E-state index < -0.39 is 0 Å². The largest absolute Gasteiger partial charge is 0.351 e. The molecule has 2 amide bonds. The molecule has 1 aliphatic rings. The van der Waals surface area contributed by atoms with Crippen molar-refractivity contribution in [2.24, 2.45) is 0 Å². The Labute approximate surface area is 144 Å². The molecule has 0 fully saturated rings. The Morgan fingerprint density at radius 2 is 2.08 bits per heavy atom. The lowest BCUT2D eigenvalue weighted by atomic mass is 10.2. The van der Waals surface area contributed by atoms with Crippen molar-refractivity contribution in [3.63, 3.8) is 0 Å². The van der Waals surface area contributed by atoms with Gasteiger partial charge in [-0.15, -0.1) is 11.3 Å². The van der Waals surface area contributed by atoms with Gasteiger partial charge < -0.3 is 10.6 Å². The summed E-state index contributed by atoms with van der Waals surface area (Å²) in [7, 11) is 0. The molecule has 0 aliphatic carbocycles. The highest BCUT2D eigenvalue weighted by Gasteiger charge is 2.22. The molecule has 2 heterocycles. The second kappa shape index (κ2) is 7.55. The van der Waals surface area contributed by atoms with Gasteiger partial charge in [0.2, 0.25) is 11.8 Å². The van der Waals surface area contributed by atoms with Crippen molar-refractivity contribution < 1.29 is 9.59 Å². The fraction of sp³-hybridized carbons (Fsp3) is 0.353. The van der Waals surface area contributed by atoms with Gasteiger partial charge in [0.25, 0.3) is 0 Å². The minimum atomic E-state index is -0.113. The molecule has 0 saturated heterocycles. The van der Waals surface area contributed by atoms with Crippen LogP contribution in [0.4, 0.5) is 5.13 Å². The van der Waals surface area contributed by atoms with Crippen LogP contribution in [0.3, 0.4) is 0 Å². The summed E-state index contributed by atoms with van der Waals surface area (Å²) in [4.78, 5) is 30.9. The molecule has 0 bridgehead atoms. The third-order valence-corrected chi connectivity index (χ3v) is 4.79. The standard InChI is InChI=1S/C17H20N4O2S/c1-12(22)19-17-20-14-7-8-21(10-15(14)24-17)11-16(23)18-9-13-5-3-2-4-6-13/h2-6H,7-11H2,1H3,(H,18,23)(H,19,20,22). The number of aromatic nitrogens is 1. The number of hydrogen-bond donors (Lipinski definition) is 2. The van der Waals surface area contributed by atoms with E-state index in [0.717, 1.165) is 29.1 Å². The van der Waals surface area contributed by atoms with Gasteiger partial charge in [-0.2, -0.15) is 0 Å². The zero-order valence-electron chi connectivity index (χ0n) is 13.5. The molecule has 1 aliphatic heterocycles. The summed E-state index contributed by atoms with van der Waals surface area (Å²) in [6, 6.07) is 9.87. The Hall–Kier alpha value is -2.25. The Bertz CT molecular complexity index is 729. The molecule has 0 atom stereocenters. The van der Waals surface area contributed by atoms with Gasteiger partial charge in [0, 0.05) is 37.9 Å². The molecular formula is C17H20N4O2S. The molecule has 3 rings (SSSR count). The lowest BCUT2D eigenvalue weighted by Gasteiger charge is -2.25. The van der Waals surface area contributed by atoms with Gasteiger partial charge >= 0.3 is 0 Å². The van der Waals surface area contributed by atoms with Crippen LogP contribution in [0.2, 0.25) is 0 Å². The van der Waals surface area contributed by atoms with Crippen LogP contribution in [0, 0.1) is 0 Å². The third kappa shape index (κ3) is 4.39. The summed E-state index contributed by atoms with van der Waals surface area (Å²) < 4.78 is 0. The Morgan fingerprint density at radius 3 is 2.83 bits per heavy atom. The number of nitrogens with one attached hydrogen (secondary N) is 2. The third-order valence-electron chi connectivity index (χ3n) is 3.79. The van der Waals surface area contributed by atoms with E-state index in [0.29, 0.717) is 24.8 Å². The zero-order chi connectivity index (χ0) is 16.9. The Kier molecular flexibility index (Phi) is 5.22. The molecule has 0 unspecified atom stereocenters. The Balaban J connectivity index is 1.51. The van der Waals surface area contributed by atoms with Crippen molar-refractivity contribution in [2.75, 3.05) is 18.4 Å². The van der Waals surface area contributed by atoms with Crippen LogP contribution >= 0.6 is 11.3 Å². The van der Waals surface area contributed by atoms with E-state index in [2.05, 4.69) is 20.5 Å². The predicted molar refractivity (Wildman–Crippen MR) is 93.7 cm³/mol. The molecule has 1 aromatic carbocycles. The molecule has 0 radical (unpaired) electrons. The van der Waals surface area contributed by atoms with Crippen LogP contribution < -0.4 is 10.6 Å². The number of nitrogens with zero attached hydrogens (tertiary/aromatic N) is 2. The van der Waals surface area contributed by atoms with E-state index in [4.69, 9.17) is 0 Å². The topological polar surface area (TPSA) is 74.3 Å². The highest BCUT2D eigenvalue weighted by Crippen LogP contribution is 2.28. The molecule has 7 heteroatoms. The van der Waals surface area contributed by atoms with Crippen LogP contribution in [0.1, 0.15) is 23.1 Å². The number of anilines is 1. The number of hydrogen-bond acceptors (Lipinski definition) is 5. The van der Waals surface area contributed by atoms with Gasteiger partial charge in [0.15, 0.2) is 5.13 Å². The maximum atomic E-state index is 12.1. The monoisotopic (exact) mass is 344 g/mol. The van der Waals surface area contributed by atoms with Crippen LogP contribution in [-0.2, 0) is 29.1 Å². The van der Waals surface area contributed by atoms with E-state index in [9.17, 15) is 9.59 Å². The molecule has 0 spiro atoms. The summed E-state index contributed by atoms with van der Waals surface area (Å²) in [6.45, 7) is 3.90. The maximum Gasteiger partial charge on any atom is 0.234 e. The minimum absolute atomic E-state index is 0.0221. The lowest BCUT2D eigenvalue weighted by Crippen LogP contribution is -2.39. The number of amides is 2. The van der Waals surface area contributed by atoms with Gasteiger partial charge in [-0.25, -0.2) is 4.98 Å². The second-order valence-corrected chi connectivity index (χ2v) is 6.88. The second-order valence-electron chi connectivity index (χ2n) is 5.79. The number of rotatable bonds is 5. The van der Waals surface area contributed by atoms with Gasteiger partial charge in [-0.05, 0) is 5.56 Å². The van der Waals surface area contributed by atoms with E-state index in [1.807, 2.05) is 30.3 Å². The average molecular weight is 344 g/mol. The summed E-state index contributed by atoms with van der Waals surface area (Å²) >= 11 is 1.49. The molecule has 2 aromatic rings. The average Bonchev–Trinajstić information content (AvgIpc) is 2.94. The molecule has 0 saturated carbocycles. The predicted octanol–water partition coefficient (Wildman–Crippen LogP) is 1.78. The maximum absolute atomic E-state index is 12.1. The molecule has 1 aromatic heterocycles. The number of benzene rings is 1.